The number of oxazole rings is 1. The molecule has 176 valence electrons. The van der Waals surface area contributed by atoms with Gasteiger partial charge in [0.25, 0.3) is 11.8 Å². The van der Waals surface area contributed by atoms with Gasteiger partial charge in [0, 0.05) is 31.1 Å². The minimum atomic E-state index is -0.536. The third-order valence-electron chi connectivity index (χ3n) is 7.43. The van der Waals surface area contributed by atoms with E-state index in [1.54, 1.807) is 24.3 Å². The fourth-order valence-corrected chi connectivity index (χ4v) is 5.41. The van der Waals surface area contributed by atoms with Crippen LogP contribution in [0.1, 0.15) is 45.8 Å². The number of aromatic nitrogens is 4. The summed E-state index contributed by atoms with van der Waals surface area (Å²) < 4.78 is 6.42. The molecule has 2 aliphatic rings. The van der Waals surface area contributed by atoms with Crippen LogP contribution in [-0.4, -0.2) is 37.9 Å². The predicted molar refractivity (Wildman–Crippen MR) is 125 cm³/mol. The van der Waals surface area contributed by atoms with Gasteiger partial charge in [-0.15, -0.1) is 12.3 Å². The second kappa shape index (κ2) is 7.84. The van der Waals surface area contributed by atoms with E-state index in [4.69, 9.17) is 10.8 Å². The van der Waals surface area contributed by atoms with Gasteiger partial charge < -0.3 is 15.1 Å². The largest absolute Gasteiger partial charge is 0.417 e. The molecule has 2 fully saturated rings. The van der Waals surface area contributed by atoms with Crippen molar-refractivity contribution in [2.24, 2.45) is 17.3 Å². The van der Waals surface area contributed by atoms with E-state index in [-0.39, 0.29) is 29.3 Å². The fraction of sp³-hybridized carbons (Fsp3) is 0.320. The van der Waals surface area contributed by atoms with Crippen LogP contribution in [0, 0.1) is 29.6 Å². The molecule has 2 amide bonds. The Kier molecular flexibility index (Phi) is 4.74. The van der Waals surface area contributed by atoms with E-state index in [1.807, 2.05) is 0 Å². The molecule has 3 atom stereocenters. The number of nitrogens with one attached hydrogen (secondary N) is 3. The summed E-state index contributed by atoms with van der Waals surface area (Å²) >= 11 is 0. The summed E-state index contributed by atoms with van der Waals surface area (Å²) in [7, 11) is 0. The number of terminal acetylenes is 1. The topological polar surface area (TPSA) is 134 Å². The maximum absolute atomic E-state index is 13.1. The Balaban J connectivity index is 1.18. The molecule has 0 saturated heterocycles. The van der Waals surface area contributed by atoms with Gasteiger partial charge in [0.05, 0.1) is 11.7 Å². The van der Waals surface area contributed by atoms with Crippen molar-refractivity contribution >= 4 is 28.6 Å². The summed E-state index contributed by atoms with van der Waals surface area (Å²) in [6.45, 7) is 0.760. The SMILES string of the molecule is C#CC1CC2(CNC(=O)c3cc(C(=O)NCc4ccc5oc(=O)[nH]c5c4)nc4ccnn34)CCC12. The molecule has 3 N–H and O–H groups in total. The maximum Gasteiger partial charge on any atom is 0.417 e. The number of carbonyl (C=O) groups is 2. The molecular weight excluding hydrogens is 448 g/mol. The lowest BCUT2D eigenvalue weighted by Crippen LogP contribution is -2.60. The first-order valence-corrected chi connectivity index (χ1v) is 11.4. The molecule has 2 saturated carbocycles. The molecule has 10 heteroatoms. The molecule has 0 aliphatic heterocycles. The monoisotopic (exact) mass is 470 g/mol. The van der Waals surface area contributed by atoms with Crippen LogP contribution >= 0.6 is 0 Å². The van der Waals surface area contributed by atoms with Crippen molar-refractivity contribution in [3.63, 3.8) is 0 Å². The minimum absolute atomic E-state index is 0.101. The number of nitrogens with zero attached hydrogens (tertiary/aromatic N) is 3. The van der Waals surface area contributed by atoms with Crippen LogP contribution < -0.4 is 16.4 Å². The highest BCUT2D eigenvalue weighted by Crippen LogP contribution is 2.63. The zero-order valence-corrected chi connectivity index (χ0v) is 18.7. The van der Waals surface area contributed by atoms with Crippen LogP contribution in [0.2, 0.25) is 0 Å². The second-order valence-corrected chi connectivity index (χ2v) is 9.32. The summed E-state index contributed by atoms with van der Waals surface area (Å²) in [4.78, 5) is 44.3. The Morgan fingerprint density at radius 2 is 2.14 bits per heavy atom. The molecule has 0 radical (unpaired) electrons. The summed E-state index contributed by atoms with van der Waals surface area (Å²) in [6, 6.07) is 8.23. The van der Waals surface area contributed by atoms with Gasteiger partial charge in [0.2, 0.25) is 0 Å². The molecule has 0 spiro atoms. The standard InChI is InChI=1S/C25H22N6O4/c1-2-15-11-25(7-5-16(15)25)13-27-23(33)19-10-18(29-21-6-8-28-31(19)21)22(32)26-12-14-3-4-20-17(9-14)30-24(34)35-20/h1,3-4,6,8-10,15-16H,5,7,11-13H2,(H,26,32)(H,27,33)(H,30,34). The van der Waals surface area contributed by atoms with Gasteiger partial charge in [-0.2, -0.15) is 5.10 Å². The summed E-state index contributed by atoms with van der Waals surface area (Å²) in [5, 5.41) is 10.0. The lowest BCUT2D eigenvalue weighted by Gasteiger charge is -2.62. The molecule has 0 bridgehead atoms. The molecule has 10 nitrogen and oxygen atoms in total. The first-order valence-electron chi connectivity index (χ1n) is 11.4. The van der Waals surface area contributed by atoms with E-state index < -0.39 is 11.7 Å². The molecule has 4 aromatic rings. The molecule has 1 aromatic carbocycles. The van der Waals surface area contributed by atoms with Gasteiger partial charge in [-0.1, -0.05) is 6.07 Å². The van der Waals surface area contributed by atoms with E-state index in [1.165, 1.54) is 16.8 Å². The summed E-state index contributed by atoms with van der Waals surface area (Å²) in [6.07, 6.45) is 10.2. The van der Waals surface area contributed by atoms with Gasteiger partial charge in [0.15, 0.2) is 11.2 Å². The lowest BCUT2D eigenvalue weighted by molar-refractivity contribution is -0.105. The molecule has 2 aliphatic carbocycles. The van der Waals surface area contributed by atoms with Crippen molar-refractivity contribution in [2.75, 3.05) is 6.54 Å². The van der Waals surface area contributed by atoms with Crippen molar-refractivity contribution in [1.29, 1.82) is 0 Å². The quantitative estimate of drug-likeness (QED) is 0.368. The van der Waals surface area contributed by atoms with Gasteiger partial charge in [-0.25, -0.2) is 14.3 Å². The minimum Gasteiger partial charge on any atom is -0.408 e. The van der Waals surface area contributed by atoms with E-state index >= 15 is 0 Å². The smallest absolute Gasteiger partial charge is 0.408 e. The predicted octanol–water partition coefficient (Wildman–Crippen LogP) is 1.87. The number of benzene rings is 1. The Hall–Kier alpha value is -4.39. The number of fused-ring (bicyclic) bond motifs is 3. The highest BCUT2D eigenvalue weighted by atomic mass is 16.4. The normalized spacial score (nSPS) is 22.6. The Morgan fingerprint density at radius 3 is 2.91 bits per heavy atom. The highest BCUT2D eigenvalue weighted by Gasteiger charge is 2.59. The lowest BCUT2D eigenvalue weighted by atomic mass is 9.43. The van der Waals surface area contributed by atoms with Gasteiger partial charge in [-0.05, 0) is 48.3 Å². The maximum atomic E-state index is 13.1. The van der Waals surface area contributed by atoms with Gasteiger partial charge >= 0.3 is 5.76 Å². The Labute approximate surface area is 199 Å². The van der Waals surface area contributed by atoms with Gasteiger partial charge in [0.1, 0.15) is 11.4 Å². The van der Waals surface area contributed by atoms with Gasteiger partial charge in [-0.3, -0.25) is 14.6 Å². The number of hydrogen-bond donors (Lipinski definition) is 3. The number of H-pyrrole nitrogens is 1. The third kappa shape index (κ3) is 3.47. The molecule has 3 unspecified atom stereocenters. The number of rotatable bonds is 6. The molecule has 3 aromatic heterocycles. The van der Waals surface area contributed by atoms with Crippen molar-refractivity contribution in [3.8, 4) is 12.3 Å². The molecule has 3 heterocycles. The van der Waals surface area contributed by atoms with Crippen molar-refractivity contribution in [3.05, 3.63) is 64.0 Å². The number of hydrogen-bond acceptors (Lipinski definition) is 6. The third-order valence-corrected chi connectivity index (χ3v) is 7.43. The van der Waals surface area contributed by atoms with Crippen LogP contribution in [0.3, 0.4) is 0 Å². The fourth-order valence-electron chi connectivity index (χ4n) is 5.41. The molecule has 6 rings (SSSR count). The Morgan fingerprint density at radius 1 is 1.26 bits per heavy atom. The molecule has 35 heavy (non-hydrogen) atoms. The van der Waals surface area contributed by atoms with Crippen LogP contribution in [0.4, 0.5) is 0 Å². The average Bonchev–Trinajstić information content (AvgIpc) is 3.47. The van der Waals surface area contributed by atoms with Crippen LogP contribution in [-0.2, 0) is 6.54 Å². The first kappa shape index (κ1) is 21.2. The summed E-state index contributed by atoms with van der Waals surface area (Å²) in [5.41, 5.74) is 2.61. The average molecular weight is 470 g/mol. The first-order chi connectivity index (χ1) is 17.0. The number of aromatic amines is 1. The summed E-state index contributed by atoms with van der Waals surface area (Å²) in [5.74, 6) is 2.36. The van der Waals surface area contributed by atoms with Crippen LogP contribution in [0.25, 0.3) is 16.7 Å². The van der Waals surface area contributed by atoms with E-state index in [0.717, 1.165) is 24.8 Å². The van der Waals surface area contributed by atoms with E-state index in [9.17, 15) is 14.4 Å². The van der Waals surface area contributed by atoms with E-state index in [2.05, 4.69) is 31.6 Å². The zero-order chi connectivity index (χ0) is 24.2. The highest BCUT2D eigenvalue weighted by molar-refractivity contribution is 5.98. The van der Waals surface area contributed by atoms with E-state index in [0.29, 0.717) is 35.1 Å². The second-order valence-electron chi connectivity index (χ2n) is 9.32. The zero-order valence-electron chi connectivity index (χ0n) is 18.7. The van der Waals surface area contributed by atoms with Crippen molar-refractivity contribution < 1.29 is 14.0 Å². The van der Waals surface area contributed by atoms with Crippen LogP contribution in [0.5, 0.6) is 0 Å². The van der Waals surface area contributed by atoms with Crippen molar-refractivity contribution in [2.45, 2.75) is 25.8 Å². The van der Waals surface area contributed by atoms with Crippen LogP contribution in [0.15, 0.2) is 45.7 Å². The number of carbonyl (C=O) groups excluding carboxylic acids is 2. The molecular formula is C25H22N6O4. The van der Waals surface area contributed by atoms with Crippen molar-refractivity contribution in [1.82, 2.24) is 30.2 Å². The Bertz CT molecular complexity index is 1590. The number of amides is 2.